The number of carboxylic acids is 1. The van der Waals surface area contributed by atoms with Gasteiger partial charge in [0.2, 0.25) is 0 Å². The van der Waals surface area contributed by atoms with Gasteiger partial charge in [0.1, 0.15) is 23.4 Å². The lowest BCUT2D eigenvalue weighted by Crippen LogP contribution is -2.15. The summed E-state index contributed by atoms with van der Waals surface area (Å²) in [7, 11) is 1.56. The van der Waals surface area contributed by atoms with Crippen LogP contribution in [0.3, 0.4) is 0 Å². The van der Waals surface area contributed by atoms with Gasteiger partial charge in [0, 0.05) is 5.56 Å². The van der Waals surface area contributed by atoms with Crippen LogP contribution in [0.4, 0.5) is 4.39 Å². The van der Waals surface area contributed by atoms with E-state index in [-0.39, 0.29) is 24.3 Å². The Labute approximate surface area is 181 Å². The molecular weight excluding hydrogens is 395 g/mol. The number of carbonyl (C=O) groups is 1. The Morgan fingerprint density at radius 1 is 1.16 bits per heavy atom. The van der Waals surface area contributed by atoms with Gasteiger partial charge in [-0.1, -0.05) is 43.3 Å². The van der Waals surface area contributed by atoms with E-state index >= 15 is 0 Å². The molecule has 0 bridgehead atoms. The van der Waals surface area contributed by atoms with Crippen LogP contribution >= 0.6 is 0 Å². The molecule has 31 heavy (non-hydrogen) atoms. The summed E-state index contributed by atoms with van der Waals surface area (Å²) in [5.41, 5.74) is 4.41. The first-order chi connectivity index (χ1) is 14.9. The second kappa shape index (κ2) is 8.80. The molecule has 3 aromatic rings. The molecule has 4 rings (SSSR count). The second-order valence-corrected chi connectivity index (χ2v) is 7.98. The number of fused-ring (bicyclic) bond motifs is 1. The number of hydrogen-bond donors (Lipinski definition) is 1. The SMILES string of the molecule is COc1ccc(F)c(-c2ccc(C3CCc4ccc(C(C)CC(=O)O)cc4O3)cc2)c1. The van der Waals surface area contributed by atoms with Crippen molar-refractivity contribution in [3.63, 3.8) is 0 Å². The lowest BCUT2D eigenvalue weighted by atomic mass is 9.92. The van der Waals surface area contributed by atoms with Gasteiger partial charge in [-0.05, 0) is 65.3 Å². The molecule has 1 N–H and O–H groups in total. The summed E-state index contributed by atoms with van der Waals surface area (Å²) in [6.45, 7) is 1.91. The van der Waals surface area contributed by atoms with Gasteiger partial charge in [0.05, 0.1) is 13.5 Å². The Morgan fingerprint density at radius 2 is 1.94 bits per heavy atom. The normalized spacial score (nSPS) is 16.2. The Morgan fingerprint density at radius 3 is 2.65 bits per heavy atom. The van der Waals surface area contributed by atoms with Crippen molar-refractivity contribution >= 4 is 5.97 Å². The number of aryl methyl sites for hydroxylation is 1. The van der Waals surface area contributed by atoms with Crippen LogP contribution in [0.25, 0.3) is 11.1 Å². The van der Waals surface area contributed by atoms with Gasteiger partial charge in [-0.3, -0.25) is 4.79 Å². The zero-order chi connectivity index (χ0) is 22.0. The van der Waals surface area contributed by atoms with Crippen molar-refractivity contribution in [2.24, 2.45) is 0 Å². The maximum atomic E-state index is 14.3. The fourth-order valence-corrected chi connectivity index (χ4v) is 4.04. The Kier molecular flexibility index (Phi) is 5.94. The number of aliphatic carboxylic acids is 1. The molecule has 4 nitrogen and oxygen atoms in total. The lowest BCUT2D eigenvalue weighted by molar-refractivity contribution is -0.137. The van der Waals surface area contributed by atoms with E-state index in [4.69, 9.17) is 14.6 Å². The predicted molar refractivity (Wildman–Crippen MR) is 117 cm³/mol. The monoisotopic (exact) mass is 420 g/mol. The van der Waals surface area contributed by atoms with E-state index in [1.54, 1.807) is 19.2 Å². The zero-order valence-electron chi connectivity index (χ0n) is 17.6. The maximum absolute atomic E-state index is 14.3. The number of ether oxygens (including phenoxy) is 2. The summed E-state index contributed by atoms with van der Waals surface area (Å²) in [5, 5.41) is 9.06. The molecule has 0 amide bonds. The van der Waals surface area contributed by atoms with E-state index in [0.29, 0.717) is 11.3 Å². The highest BCUT2D eigenvalue weighted by Gasteiger charge is 2.23. The fourth-order valence-electron chi connectivity index (χ4n) is 4.04. The standard InChI is InChI=1S/C26H25FO4/c1-16(13-26(28)29)20-8-7-19-9-12-24(31-25(19)14-20)18-5-3-17(4-6-18)22-15-21(30-2)10-11-23(22)27/h3-8,10-11,14-16,24H,9,12-13H2,1-2H3,(H,28,29). The van der Waals surface area contributed by atoms with Crippen molar-refractivity contribution in [1.29, 1.82) is 0 Å². The van der Waals surface area contributed by atoms with Crippen LogP contribution in [-0.2, 0) is 11.2 Å². The van der Waals surface area contributed by atoms with Crippen molar-refractivity contribution in [2.45, 2.75) is 38.2 Å². The third-order valence-electron chi connectivity index (χ3n) is 5.85. The Balaban J connectivity index is 1.54. The smallest absolute Gasteiger partial charge is 0.303 e. The average molecular weight is 420 g/mol. The Hall–Kier alpha value is -3.34. The van der Waals surface area contributed by atoms with Gasteiger partial charge in [-0.15, -0.1) is 0 Å². The molecule has 1 heterocycles. The fraction of sp³-hybridized carbons (Fsp3) is 0.269. The van der Waals surface area contributed by atoms with Crippen molar-refractivity contribution < 1.29 is 23.8 Å². The highest BCUT2D eigenvalue weighted by Crippen LogP contribution is 2.38. The van der Waals surface area contributed by atoms with Crippen LogP contribution in [0.2, 0.25) is 0 Å². The highest BCUT2D eigenvalue weighted by atomic mass is 19.1. The minimum atomic E-state index is -0.809. The van der Waals surface area contributed by atoms with Crippen molar-refractivity contribution in [2.75, 3.05) is 7.11 Å². The first-order valence-corrected chi connectivity index (χ1v) is 10.4. The van der Waals surface area contributed by atoms with Crippen LogP contribution < -0.4 is 9.47 Å². The van der Waals surface area contributed by atoms with E-state index in [9.17, 15) is 9.18 Å². The maximum Gasteiger partial charge on any atom is 0.303 e. The molecule has 1 aliphatic rings. The molecule has 2 atom stereocenters. The van der Waals surface area contributed by atoms with Crippen LogP contribution in [0.15, 0.2) is 60.7 Å². The van der Waals surface area contributed by atoms with E-state index in [1.807, 2.05) is 49.4 Å². The zero-order valence-corrected chi connectivity index (χ0v) is 17.6. The van der Waals surface area contributed by atoms with Gasteiger partial charge in [-0.25, -0.2) is 4.39 Å². The molecule has 0 spiro atoms. The van der Waals surface area contributed by atoms with Crippen LogP contribution in [0.1, 0.15) is 48.5 Å². The predicted octanol–water partition coefficient (Wildman–Crippen LogP) is 6.15. The molecule has 160 valence electrons. The summed E-state index contributed by atoms with van der Waals surface area (Å²) in [6, 6.07) is 18.4. The van der Waals surface area contributed by atoms with Crippen LogP contribution in [0, 0.1) is 5.82 Å². The highest BCUT2D eigenvalue weighted by molar-refractivity contribution is 5.68. The molecule has 3 aromatic carbocycles. The van der Waals surface area contributed by atoms with E-state index < -0.39 is 5.97 Å². The molecular formula is C26H25FO4. The van der Waals surface area contributed by atoms with Gasteiger partial charge in [0.25, 0.3) is 0 Å². The molecule has 2 unspecified atom stereocenters. The first kappa shape index (κ1) is 20.9. The van der Waals surface area contributed by atoms with Crippen LogP contribution in [0.5, 0.6) is 11.5 Å². The molecule has 0 aromatic heterocycles. The summed E-state index contributed by atoms with van der Waals surface area (Å²) < 4.78 is 25.8. The number of benzene rings is 3. The minimum Gasteiger partial charge on any atom is -0.497 e. The molecule has 5 heteroatoms. The number of carboxylic acid groups (broad SMARTS) is 1. The third kappa shape index (κ3) is 4.55. The quantitative estimate of drug-likeness (QED) is 0.520. The minimum absolute atomic E-state index is 0.0798. The van der Waals surface area contributed by atoms with Gasteiger partial charge in [0.15, 0.2) is 0 Å². The third-order valence-corrected chi connectivity index (χ3v) is 5.85. The van der Waals surface area contributed by atoms with Crippen molar-refractivity contribution in [1.82, 2.24) is 0 Å². The summed E-state index contributed by atoms with van der Waals surface area (Å²) in [4.78, 5) is 11.0. The number of rotatable bonds is 6. The summed E-state index contributed by atoms with van der Waals surface area (Å²) in [5.74, 6) is 0.245. The van der Waals surface area contributed by atoms with E-state index in [0.717, 1.165) is 40.8 Å². The largest absolute Gasteiger partial charge is 0.497 e. The molecule has 1 aliphatic heterocycles. The number of hydrogen-bond acceptors (Lipinski definition) is 3. The molecule has 0 saturated carbocycles. The summed E-state index contributed by atoms with van der Waals surface area (Å²) in [6.07, 6.45) is 1.73. The molecule has 0 fully saturated rings. The van der Waals surface area contributed by atoms with Gasteiger partial charge in [-0.2, -0.15) is 0 Å². The topological polar surface area (TPSA) is 55.8 Å². The molecule has 0 aliphatic carbocycles. The second-order valence-electron chi connectivity index (χ2n) is 7.98. The summed E-state index contributed by atoms with van der Waals surface area (Å²) >= 11 is 0. The van der Waals surface area contributed by atoms with Crippen LogP contribution in [-0.4, -0.2) is 18.2 Å². The molecule has 0 saturated heterocycles. The van der Waals surface area contributed by atoms with E-state index in [2.05, 4.69) is 0 Å². The first-order valence-electron chi connectivity index (χ1n) is 10.4. The van der Waals surface area contributed by atoms with Crippen molar-refractivity contribution in [3.05, 3.63) is 83.2 Å². The van der Waals surface area contributed by atoms with Gasteiger partial charge >= 0.3 is 5.97 Å². The van der Waals surface area contributed by atoms with Gasteiger partial charge < -0.3 is 14.6 Å². The van der Waals surface area contributed by atoms with Crippen molar-refractivity contribution in [3.8, 4) is 22.6 Å². The molecule has 0 radical (unpaired) electrons. The number of halogens is 1. The Bertz CT molecular complexity index is 1090. The van der Waals surface area contributed by atoms with E-state index in [1.165, 1.54) is 6.07 Å². The average Bonchev–Trinajstić information content (AvgIpc) is 2.78. The number of methoxy groups -OCH3 is 1. The lowest BCUT2D eigenvalue weighted by Gasteiger charge is -2.27.